The van der Waals surface area contributed by atoms with E-state index in [1.54, 1.807) is 6.21 Å². The summed E-state index contributed by atoms with van der Waals surface area (Å²) in [7, 11) is 0. The maximum Gasteiger partial charge on any atom is 0.344 e. The zero-order chi connectivity index (χ0) is 18.6. The number of allylic oxidation sites excluding steroid dienone is 2. The summed E-state index contributed by atoms with van der Waals surface area (Å²) in [4.78, 5) is 25.4. The number of carbonyl (C=O) groups is 2. The molecule has 2 heterocycles. The molecule has 2 aliphatic heterocycles. The van der Waals surface area contributed by atoms with E-state index < -0.39 is 6.03 Å². The first-order valence-electron chi connectivity index (χ1n) is 9.18. The lowest BCUT2D eigenvalue weighted by atomic mass is 10.1. The number of imide groups is 1. The van der Waals surface area contributed by atoms with Gasteiger partial charge in [0, 0.05) is 18.8 Å². The molecule has 0 spiro atoms. The van der Waals surface area contributed by atoms with Gasteiger partial charge < -0.3 is 9.64 Å². The van der Waals surface area contributed by atoms with Crippen molar-refractivity contribution in [1.29, 1.82) is 0 Å². The number of hydrogen-bond acceptors (Lipinski definition) is 5. The molecule has 140 valence electrons. The van der Waals surface area contributed by atoms with Crippen molar-refractivity contribution >= 4 is 24.2 Å². The van der Waals surface area contributed by atoms with E-state index in [0.29, 0.717) is 13.2 Å². The summed E-state index contributed by atoms with van der Waals surface area (Å²) in [6, 6.07) is 9.79. The highest BCUT2D eigenvalue weighted by molar-refractivity contribution is 6.02. The van der Waals surface area contributed by atoms with Crippen molar-refractivity contribution < 1.29 is 14.3 Å². The zero-order valence-corrected chi connectivity index (χ0v) is 15.1. The number of urea groups is 1. The van der Waals surface area contributed by atoms with Crippen LogP contribution in [0.2, 0.25) is 0 Å². The predicted octanol–water partition coefficient (Wildman–Crippen LogP) is 1.99. The Labute approximate surface area is 158 Å². The third-order valence-corrected chi connectivity index (χ3v) is 4.87. The summed E-state index contributed by atoms with van der Waals surface area (Å²) in [6.07, 6.45) is 5.73. The fourth-order valence-corrected chi connectivity index (χ4v) is 3.59. The van der Waals surface area contributed by atoms with Crippen LogP contribution in [0.4, 0.5) is 4.79 Å². The van der Waals surface area contributed by atoms with E-state index in [9.17, 15) is 9.59 Å². The van der Waals surface area contributed by atoms with Crippen molar-refractivity contribution in [2.75, 3.05) is 32.8 Å². The fraction of sp³-hybridized carbons (Fsp3) is 0.350. The Morgan fingerprint density at radius 2 is 1.85 bits per heavy atom. The number of hydrazone groups is 1. The second-order valence-electron chi connectivity index (χ2n) is 6.71. The topological polar surface area (TPSA) is 74.2 Å². The van der Waals surface area contributed by atoms with Crippen LogP contribution >= 0.6 is 0 Å². The Balaban J connectivity index is 1.64. The average Bonchev–Trinajstić information content (AvgIpc) is 3.23. The first-order chi connectivity index (χ1) is 13.2. The van der Waals surface area contributed by atoms with E-state index in [2.05, 4.69) is 33.5 Å². The van der Waals surface area contributed by atoms with Crippen molar-refractivity contribution in [3.63, 3.8) is 0 Å². The van der Waals surface area contributed by atoms with Crippen molar-refractivity contribution in [3.05, 3.63) is 52.7 Å². The Morgan fingerprint density at radius 3 is 2.56 bits per heavy atom. The third-order valence-electron chi connectivity index (χ3n) is 4.87. The first-order valence-corrected chi connectivity index (χ1v) is 9.18. The highest BCUT2D eigenvalue weighted by Crippen LogP contribution is 2.35. The van der Waals surface area contributed by atoms with Gasteiger partial charge in [-0.1, -0.05) is 30.3 Å². The average molecular weight is 366 g/mol. The van der Waals surface area contributed by atoms with Crippen LogP contribution in [0.15, 0.2) is 52.3 Å². The number of ether oxygens (including phenoxy) is 1. The zero-order valence-electron chi connectivity index (χ0n) is 15.1. The molecule has 0 unspecified atom stereocenters. The molecule has 1 aliphatic carbocycles. The standard InChI is InChI=1S/C20H22N4O3/c25-18-14-24(20(26)22-18)21-13-17-7-6-16(12-15-4-2-1-3-5-15)19(17)23-8-10-27-11-9-23/h1-5,12-13H,6-11,14H2,(H,22,25,26)/b16-12?,21-13-. The van der Waals surface area contributed by atoms with Crippen LogP contribution < -0.4 is 5.32 Å². The molecule has 7 nitrogen and oxygen atoms in total. The minimum atomic E-state index is -0.470. The van der Waals surface area contributed by atoms with Crippen LogP contribution in [0.1, 0.15) is 18.4 Å². The lowest BCUT2D eigenvalue weighted by Crippen LogP contribution is -2.36. The van der Waals surface area contributed by atoms with Gasteiger partial charge in [0.15, 0.2) is 0 Å². The van der Waals surface area contributed by atoms with E-state index >= 15 is 0 Å². The summed E-state index contributed by atoms with van der Waals surface area (Å²) < 4.78 is 5.50. The second-order valence-corrected chi connectivity index (χ2v) is 6.71. The maximum atomic E-state index is 11.7. The molecule has 0 atom stereocenters. The third kappa shape index (κ3) is 3.93. The number of nitrogens with one attached hydrogen (secondary N) is 1. The van der Waals surface area contributed by atoms with Gasteiger partial charge in [0.25, 0.3) is 0 Å². The smallest absolute Gasteiger partial charge is 0.344 e. The molecule has 4 rings (SSSR count). The number of benzene rings is 1. The Bertz CT molecular complexity index is 823. The van der Waals surface area contributed by atoms with Gasteiger partial charge in [-0.3, -0.25) is 10.1 Å². The van der Waals surface area contributed by atoms with Crippen LogP contribution in [0, 0.1) is 0 Å². The molecule has 2 fully saturated rings. The molecule has 0 bridgehead atoms. The fourth-order valence-electron chi connectivity index (χ4n) is 3.59. The van der Waals surface area contributed by atoms with Gasteiger partial charge in [-0.05, 0) is 35.6 Å². The summed E-state index contributed by atoms with van der Waals surface area (Å²) in [5.74, 6) is -0.324. The Morgan fingerprint density at radius 1 is 1.07 bits per heavy atom. The molecule has 2 saturated heterocycles. The molecule has 1 N–H and O–H groups in total. The largest absolute Gasteiger partial charge is 0.378 e. The maximum absolute atomic E-state index is 11.7. The monoisotopic (exact) mass is 366 g/mol. The van der Waals surface area contributed by atoms with Crippen molar-refractivity contribution in [2.45, 2.75) is 12.8 Å². The summed E-state index contributed by atoms with van der Waals surface area (Å²) in [5, 5.41) is 7.67. The molecule has 7 heteroatoms. The van der Waals surface area contributed by atoms with E-state index in [0.717, 1.165) is 31.5 Å². The normalized spacial score (nSPS) is 22.4. The van der Waals surface area contributed by atoms with Crippen LogP contribution in [-0.4, -0.2) is 60.9 Å². The highest BCUT2D eigenvalue weighted by Gasteiger charge is 2.28. The Kier molecular flexibility index (Phi) is 5.02. The highest BCUT2D eigenvalue weighted by atomic mass is 16.5. The van der Waals surface area contributed by atoms with Crippen LogP contribution in [-0.2, 0) is 9.53 Å². The minimum Gasteiger partial charge on any atom is -0.378 e. The van der Waals surface area contributed by atoms with Gasteiger partial charge in [0.2, 0.25) is 5.91 Å². The quantitative estimate of drug-likeness (QED) is 0.653. The van der Waals surface area contributed by atoms with Crippen LogP contribution in [0.5, 0.6) is 0 Å². The molecule has 27 heavy (non-hydrogen) atoms. The van der Waals surface area contributed by atoms with Crippen molar-refractivity contribution in [3.8, 4) is 0 Å². The van der Waals surface area contributed by atoms with Gasteiger partial charge in [0.05, 0.1) is 19.4 Å². The SMILES string of the molecule is O=C1CN(/N=C\C2=C(N3CCOCC3)C(=Cc3ccccc3)CC2)C(=O)N1. The van der Waals surface area contributed by atoms with E-state index in [4.69, 9.17) is 4.74 Å². The number of nitrogens with zero attached hydrogens (tertiary/aromatic N) is 3. The molecule has 3 aliphatic rings. The number of morpholine rings is 1. The molecule has 0 aromatic heterocycles. The number of rotatable bonds is 4. The van der Waals surface area contributed by atoms with Crippen molar-refractivity contribution in [1.82, 2.24) is 15.2 Å². The first kappa shape index (κ1) is 17.5. The van der Waals surface area contributed by atoms with Gasteiger partial charge in [-0.2, -0.15) is 5.10 Å². The lowest BCUT2D eigenvalue weighted by Gasteiger charge is -2.31. The summed E-state index contributed by atoms with van der Waals surface area (Å²) >= 11 is 0. The molecule has 3 amide bonds. The number of amides is 3. The van der Waals surface area contributed by atoms with E-state index in [1.165, 1.54) is 21.8 Å². The second kappa shape index (κ2) is 7.75. The molecule has 0 saturated carbocycles. The Hall–Kier alpha value is -2.93. The van der Waals surface area contributed by atoms with Gasteiger partial charge in [0.1, 0.15) is 6.54 Å². The minimum absolute atomic E-state index is 0.0256. The summed E-state index contributed by atoms with van der Waals surface area (Å²) in [5.41, 5.74) is 4.70. The number of carbonyl (C=O) groups excluding carboxylic acids is 2. The van der Waals surface area contributed by atoms with Crippen LogP contribution in [0.25, 0.3) is 6.08 Å². The van der Waals surface area contributed by atoms with Gasteiger partial charge in [-0.25, -0.2) is 9.80 Å². The van der Waals surface area contributed by atoms with Gasteiger partial charge >= 0.3 is 6.03 Å². The lowest BCUT2D eigenvalue weighted by molar-refractivity contribution is -0.118. The molecule has 1 aromatic carbocycles. The van der Waals surface area contributed by atoms with E-state index in [1.807, 2.05) is 18.2 Å². The van der Waals surface area contributed by atoms with E-state index in [-0.39, 0.29) is 12.5 Å². The molecule has 0 radical (unpaired) electrons. The van der Waals surface area contributed by atoms with Crippen LogP contribution in [0.3, 0.4) is 0 Å². The van der Waals surface area contributed by atoms with Crippen molar-refractivity contribution in [2.24, 2.45) is 5.10 Å². The molecular formula is C20H22N4O3. The predicted molar refractivity (Wildman–Crippen MR) is 102 cm³/mol. The van der Waals surface area contributed by atoms with Gasteiger partial charge in [-0.15, -0.1) is 0 Å². The summed E-state index contributed by atoms with van der Waals surface area (Å²) in [6.45, 7) is 3.05. The molecule has 1 aromatic rings. The molecular weight excluding hydrogens is 344 g/mol. The number of hydrogen-bond donors (Lipinski definition) is 1.